The first-order valence-electron chi connectivity index (χ1n) is 8.19. The Morgan fingerprint density at radius 1 is 1.12 bits per heavy atom. The first kappa shape index (κ1) is 18.5. The average Bonchev–Trinajstić information content (AvgIpc) is 3.08. The predicted octanol–water partition coefficient (Wildman–Crippen LogP) is 5.84. The summed E-state index contributed by atoms with van der Waals surface area (Å²) in [7, 11) is 0. The molecular weight excluding hydrogens is 371 g/mol. The van der Waals surface area contributed by atoms with E-state index in [4.69, 9.17) is 27.6 Å². The second-order valence-corrected chi connectivity index (χ2v) is 6.93. The highest BCUT2D eigenvalue weighted by molar-refractivity contribution is 6.35. The summed E-state index contributed by atoms with van der Waals surface area (Å²) in [4.78, 5) is 16.4. The predicted molar refractivity (Wildman–Crippen MR) is 105 cm³/mol. The number of rotatable bonds is 5. The molecule has 0 aliphatic heterocycles. The topological polar surface area (TPSA) is 55.1 Å². The van der Waals surface area contributed by atoms with Crippen molar-refractivity contribution in [3.63, 3.8) is 0 Å². The average molecular weight is 389 g/mol. The fourth-order valence-electron chi connectivity index (χ4n) is 2.48. The monoisotopic (exact) mass is 388 g/mol. The van der Waals surface area contributed by atoms with Gasteiger partial charge in [-0.3, -0.25) is 4.79 Å². The quantitative estimate of drug-likeness (QED) is 0.597. The van der Waals surface area contributed by atoms with Crippen LogP contribution in [0.5, 0.6) is 0 Å². The molecule has 1 N–H and O–H groups in total. The van der Waals surface area contributed by atoms with Crippen LogP contribution in [0.15, 0.2) is 47.0 Å². The number of hydrogen-bond donors (Lipinski definition) is 1. The highest BCUT2D eigenvalue weighted by atomic mass is 35.5. The Morgan fingerprint density at radius 3 is 2.69 bits per heavy atom. The number of anilines is 1. The number of benzene rings is 2. The van der Waals surface area contributed by atoms with E-state index in [0.29, 0.717) is 33.8 Å². The Labute approximate surface area is 162 Å². The normalized spacial score (nSPS) is 10.8. The van der Waals surface area contributed by atoms with Gasteiger partial charge in [-0.25, -0.2) is 4.98 Å². The maximum Gasteiger partial charge on any atom is 0.224 e. The van der Waals surface area contributed by atoms with E-state index < -0.39 is 0 Å². The lowest BCUT2D eigenvalue weighted by Gasteiger charge is -2.07. The maximum atomic E-state index is 12.1. The summed E-state index contributed by atoms with van der Waals surface area (Å²) in [5, 5.41) is 3.70. The summed E-state index contributed by atoms with van der Waals surface area (Å²) in [6.07, 6.45) is 2.32. The van der Waals surface area contributed by atoms with Gasteiger partial charge in [0.1, 0.15) is 0 Å². The number of amides is 1. The van der Waals surface area contributed by atoms with Crippen LogP contribution >= 0.6 is 23.2 Å². The van der Waals surface area contributed by atoms with Crippen LogP contribution in [0, 0.1) is 13.8 Å². The Balaban J connectivity index is 1.61. The number of carbonyl (C=O) groups is 1. The highest BCUT2D eigenvalue weighted by Crippen LogP contribution is 2.26. The largest absolute Gasteiger partial charge is 0.441 e. The Hall–Kier alpha value is -2.30. The van der Waals surface area contributed by atoms with Crippen molar-refractivity contribution in [3.8, 4) is 11.3 Å². The van der Waals surface area contributed by atoms with Gasteiger partial charge in [0, 0.05) is 23.4 Å². The van der Waals surface area contributed by atoms with Gasteiger partial charge in [0.25, 0.3) is 0 Å². The number of oxazole rings is 1. The summed E-state index contributed by atoms with van der Waals surface area (Å²) >= 11 is 12.0. The summed E-state index contributed by atoms with van der Waals surface area (Å²) in [5.41, 5.74) is 3.89. The van der Waals surface area contributed by atoms with Crippen LogP contribution < -0.4 is 5.32 Å². The Morgan fingerprint density at radius 2 is 1.92 bits per heavy atom. The van der Waals surface area contributed by atoms with Crippen molar-refractivity contribution < 1.29 is 9.21 Å². The van der Waals surface area contributed by atoms with Crippen LogP contribution in [0.2, 0.25) is 10.0 Å². The van der Waals surface area contributed by atoms with Crippen molar-refractivity contribution in [1.29, 1.82) is 0 Å². The molecule has 0 atom stereocenters. The lowest BCUT2D eigenvalue weighted by atomic mass is 10.1. The van der Waals surface area contributed by atoms with E-state index in [9.17, 15) is 4.79 Å². The molecule has 3 rings (SSSR count). The molecule has 0 bridgehead atoms. The molecule has 0 saturated heterocycles. The Kier molecular flexibility index (Phi) is 5.64. The van der Waals surface area contributed by atoms with Crippen molar-refractivity contribution in [3.05, 3.63) is 69.7 Å². The molecule has 0 fully saturated rings. The third kappa shape index (κ3) is 4.45. The van der Waals surface area contributed by atoms with Crippen LogP contribution in [0.1, 0.15) is 23.4 Å². The maximum absolute atomic E-state index is 12.1. The molecule has 134 valence electrons. The molecule has 4 nitrogen and oxygen atoms in total. The molecule has 0 unspecified atom stereocenters. The second-order valence-electron chi connectivity index (χ2n) is 6.09. The minimum Gasteiger partial charge on any atom is -0.441 e. The molecule has 6 heteroatoms. The van der Waals surface area contributed by atoms with Gasteiger partial charge >= 0.3 is 0 Å². The summed E-state index contributed by atoms with van der Waals surface area (Å²) < 4.78 is 5.77. The van der Waals surface area contributed by atoms with Gasteiger partial charge in [-0.05, 0) is 49.2 Å². The number of hydrogen-bond acceptors (Lipinski definition) is 3. The minimum atomic E-state index is -0.180. The smallest absolute Gasteiger partial charge is 0.224 e. The van der Waals surface area contributed by atoms with Gasteiger partial charge < -0.3 is 9.73 Å². The van der Waals surface area contributed by atoms with Crippen LogP contribution in [-0.2, 0) is 11.2 Å². The summed E-state index contributed by atoms with van der Waals surface area (Å²) in [5.74, 6) is 1.03. The van der Waals surface area contributed by atoms with Gasteiger partial charge in [-0.1, -0.05) is 35.3 Å². The third-order valence-electron chi connectivity index (χ3n) is 4.11. The van der Waals surface area contributed by atoms with Crippen LogP contribution in [-0.4, -0.2) is 10.9 Å². The lowest BCUT2D eigenvalue weighted by Crippen LogP contribution is -2.12. The van der Waals surface area contributed by atoms with Crippen molar-refractivity contribution in [2.24, 2.45) is 0 Å². The standard InChI is InChI=1S/C20H18Cl2N2O2/c1-12-3-4-14(9-13(12)2)18-11-23-20(26-18)8-7-19(25)24-17-10-15(21)5-6-16(17)22/h3-6,9-11H,7-8H2,1-2H3,(H,24,25). The summed E-state index contributed by atoms with van der Waals surface area (Å²) in [6, 6.07) is 11.0. The SMILES string of the molecule is Cc1ccc(-c2cnc(CCC(=O)Nc3cc(Cl)ccc3Cl)o2)cc1C. The van der Waals surface area contributed by atoms with Crippen molar-refractivity contribution in [2.75, 3.05) is 5.32 Å². The molecule has 1 heterocycles. The van der Waals surface area contributed by atoms with E-state index in [1.54, 1.807) is 24.4 Å². The number of nitrogens with zero attached hydrogens (tertiary/aromatic N) is 1. The molecule has 0 aliphatic carbocycles. The number of aryl methyl sites for hydroxylation is 3. The van der Waals surface area contributed by atoms with Gasteiger partial charge in [0.2, 0.25) is 5.91 Å². The van der Waals surface area contributed by atoms with E-state index in [1.807, 2.05) is 6.07 Å². The number of aromatic nitrogens is 1. The van der Waals surface area contributed by atoms with Crippen molar-refractivity contribution >= 4 is 34.8 Å². The van der Waals surface area contributed by atoms with Crippen LogP contribution in [0.25, 0.3) is 11.3 Å². The first-order valence-corrected chi connectivity index (χ1v) is 8.95. The van der Waals surface area contributed by atoms with E-state index in [2.05, 4.69) is 36.3 Å². The molecular formula is C20H18Cl2N2O2. The molecule has 1 aromatic heterocycles. The van der Waals surface area contributed by atoms with Gasteiger partial charge in [0.05, 0.1) is 16.9 Å². The van der Waals surface area contributed by atoms with E-state index in [-0.39, 0.29) is 12.3 Å². The molecule has 26 heavy (non-hydrogen) atoms. The fourth-order valence-corrected chi connectivity index (χ4v) is 2.82. The highest BCUT2D eigenvalue weighted by Gasteiger charge is 2.11. The van der Waals surface area contributed by atoms with Crippen LogP contribution in [0.4, 0.5) is 5.69 Å². The molecule has 0 radical (unpaired) electrons. The lowest BCUT2D eigenvalue weighted by molar-refractivity contribution is -0.116. The number of carbonyl (C=O) groups excluding carboxylic acids is 1. The van der Waals surface area contributed by atoms with E-state index in [1.165, 1.54) is 11.1 Å². The van der Waals surface area contributed by atoms with E-state index in [0.717, 1.165) is 5.56 Å². The van der Waals surface area contributed by atoms with Crippen molar-refractivity contribution in [2.45, 2.75) is 26.7 Å². The van der Waals surface area contributed by atoms with Gasteiger partial charge in [-0.15, -0.1) is 0 Å². The molecule has 2 aromatic carbocycles. The Bertz CT molecular complexity index is 951. The van der Waals surface area contributed by atoms with E-state index >= 15 is 0 Å². The number of halogens is 2. The zero-order valence-corrected chi connectivity index (χ0v) is 16.0. The van der Waals surface area contributed by atoms with Gasteiger partial charge in [0.15, 0.2) is 11.7 Å². The third-order valence-corrected chi connectivity index (χ3v) is 4.68. The number of nitrogens with one attached hydrogen (secondary N) is 1. The van der Waals surface area contributed by atoms with Crippen molar-refractivity contribution in [1.82, 2.24) is 4.98 Å². The van der Waals surface area contributed by atoms with Crippen LogP contribution in [0.3, 0.4) is 0 Å². The summed E-state index contributed by atoms with van der Waals surface area (Å²) in [6.45, 7) is 4.12. The minimum absolute atomic E-state index is 0.180. The first-order chi connectivity index (χ1) is 12.4. The molecule has 1 amide bonds. The second kappa shape index (κ2) is 7.94. The molecule has 0 saturated carbocycles. The molecule has 0 aliphatic rings. The van der Waals surface area contributed by atoms with Gasteiger partial charge in [-0.2, -0.15) is 0 Å². The zero-order valence-electron chi connectivity index (χ0n) is 14.5. The fraction of sp³-hybridized carbons (Fsp3) is 0.200. The zero-order chi connectivity index (χ0) is 18.7. The molecule has 0 spiro atoms. The molecule has 3 aromatic rings.